The second-order valence-corrected chi connectivity index (χ2v) is 6.53. The highest BCUT2D eigenvalue weighted by Crippen LogP contribution is 2.17. The van der Waals surface area contributed by atoms with Crippen molar-refractivity contribution in [1.29, 1.82) is 0 Å². The molecule has 0 saturated carbocycles. The summed E-state index contributed by atoms with van der Waals surface area (Å²) in [6.45, 7) is 1.33. The van der Waals surface area contributed by atoms with Gasteiger partial charge in [-0.15, -0.1) is 23.2 Å². The molecule has 1 rings (SSSR count). The Bertz CT molecular complexity index is 619. The average molecular weight is 419 g/mol. The molecule has 1 atom stereocenters. The summed E-state index contributed by atoms with van der Waals surface area (Å²) in [6.07, 6.45) is -0.268. The SMILES string of the molecule is COC(=O)[C@H](Cc1ccc(N(CCCl)CCCl)cc1)NC(=O)CCC(=O)O. The van der Waals surface area contributed by atoms with Crippen LogP contribution < -0.4 is 10.2 Å². The number of rotatable bonds is 12. The van der Waals surface area contributed by atoms with E-state index in [1.54, 1.807) is 0 Å². The molecule has 27 heavy (non-hydrogen) atoms. The predicted molar refractivity (Wildman–Crippen MR) is 105 cm³/mol. The van der Waals surface area contributed by atoms with Crippen molar-refractivity contribution in [2.75, 3.05) is 36.9 Å². The number of amides is 1. The van der Waals surface area contributed by atoms with Crippen LogP contribution in [0.1, 0.15) is 18.4 Å². The zero-order valence-electron chi connectivity index (χ0n) is 15.1. The molecule has 1 amide bonds. The number of methoxy groups -OCH3 is 1. The molecule has 150 valence electrons. The van der Waals surface area contributed by atoms with Crippen molar-refractivity contribution in [3.63, 3.8) is 0 Å². The number of nitrogens with one attached hydrogen (secondary N) is 1. The number of aliphatic carboxylic acids is 1. The summed E-state index contributed by atoms with van der Waals surface area (Å²) in [5.41, 5.74) is 1.78. The number of halogens is 2. The van der Waals surface area contributed by atoms with Gasteiger partial charge in [0.05, 0.1) is 13.5 Å². The minimum absolute atomic E-state index is 0.201. The van der Waals surface area contributed by atoms with Gasteiger partial charge in [0.15, 0.2) is 0 Å². The summed E-state index contributed by atoms with van der Waals surface area (Å²) in [7, 11) is 1.23. The number of carboxylic acids is 1. The van der Waals surface area contributed by atoms with Gasteiger partial charge in [0.25, 0.3) is 0 Å². The molecule has 0 aliphatic heterocycles. The largest absolute Gasteiger partial charge is 0.481 e. The maximum absolute atomic E-state index is 11.9. The Morgan fingerprint density at radius 3 is 2.19 bits per heavy atom. The highest BCUT2D eigenvalue weighted by molar-refractivity contribution is 6.18. The third-order valence-electron chi connectivity index (χ3n) is 3.84. The van der Waals surface area contributed by atoms with E-state index in [0.29, 0.717) is 24.8 Å². The average Bonchev–Trinajstić information content (AvgIpc) is 2.65. The van der Waals surface area contributed by atoms with Crippen LogP contribution in [0.4, 0.5) is 5.69 Å². The molecule has 2 N–H and O–H groups in total. The topological polar surface area (TPSA) is 95.9 Å². The Balaban J connectivity index is 2.78. The van der Waals surface area contributed by atoms with E-state index in [4.69, 9.17) is 33.0 Å². The predicted octanol–water partition coefficient (Wildman–Crippen LogP) is 2.04. The van der Waals surface area contributed by atoms with Gasteiger partial charge >= 0.3 is 11.9 Å². The first-order chi connectivity index (χ1) is 12.9. The Hall–Kier alpha value is -1.99. The number of hydrogen-bond acceptors (Lipinski definition) is 5. The number of esters is 1. The van der Waals surface area contributed by atoms with Crippen molar-refractivity contribution in [2.45, 2.75) is 25.3 Å². The monoisotopic (exact) mass is 418 g/mol. The lowest BCUT2D eigenvalue weighted by Crippen LogP contribution is -2.43. The third kappa shape index (κ3) is 8.49. The Morgan fingerprint density at radius 1 is 1.11 bits per heavy atom. The van der Waals surface area contributed by atoms with Crippen LogP contribution in [-0.2, 0) is 25.5 Å². The summed E-state index contributed by atoms with van der Waals surface area (Å²) in [5, 5.41) is 11.2. The van der Waals surface area contributed by atoms with Gasteiger partial charge in [-0.3, -0.25) is 9.59 Å². The first kappa shape index (κ1) is 23.0. The molecule has 0 spiro atoms. The molecule has 0 aliphatic carbocycles. The number of carboxylic acid groups (broad SMARTS) is 1. The lowest BCUT2D eigenvalue weighted by Gasteiger charge is -2.23. The first-order valence-corrected chi connectivity index (χ1v) is 9.53. The summed E-state index contributed by atoms with van der Waals surface area (Å²) in [4.78, 5) is 36.4. The quantitative estimate of drug-likeness (QED) is 0.398. The van der Waals surface area contributed by atoms with Crippen molar-refractivity contribution in [3.05, 3.63) is 29.8 Å². The van der Waals surface area contributed by atoms with Gasteiger partial charge in [0.1, 0.15) is 6.04 Å². The molecule has 0 aliphatic rings. The summed E-state index contributed by atoms with van der Waals surface area (Å²) >= 11 is 11.6. The lowest BCUT2D eigenvalue weighted by atomic mass is 10.0. The highest BCUT2D eigenvalue weighted by Gasteiger charge is 2.22. The molecular formula is C18H24Cl2N2O5. The number of nitrogens with zero attached hydrogens (tertiary/aromatic N) is 1. The summed E-state index contributed by atoms with van der Waals surface area (Å²) < 4.78 is 4.73. The molecule has 0 heterocycles. The highest BCUT2D eigenvalue weighted by atomic mass is 35.5. The van der Waals surface area contributed by atoms with Gasteiger partial charge in [-0.25, -0.2) is 4.79 Å². The molecule has 0 fully saturated rings. The second-order valence-electron chi connectivity index (χ2n) is 5.77. The zero-order chi connectivity index (χ0) is 20.2. The van der Waals surface area contributed by atoms with Gasteiger partial charge in [0.2, 0.25) is 5.91 Å². The number of alkyl halides is 2. The number of anilines is 1. The third-order valence-corrected chi connectivity index (χ3v) is 4.18. The van der Waals surface area contributed by atoms with Crippen LogP contribution in [-0.4, -0.2) is 61.0 Å². The van der Waals surface area contributed by atoms with Crippen LogP contribution in [0.5, 0.6) is 0 Å². The van der Waals surface area contributed by atoms with Crippen LogP contribution >= 0.6 is 23.2 Å². The fourth-order valence-electron chi connectivity index (χ4n) is 2.48. The number of carbonyl (C=O) groups is 3. The van der Waals surface area contributed by atoms with Crippen molar-refractivity contribution in [2.24, 2.45) is 0 Å². The van der Waals surface area contributed by atoms with Gasteiger partial charge in [-0.2, -0.15) is 0 Å². The number of hydrogen-bond donors (Lipinski definition) is 2. The molecule has 0 radical (unpaired) electrons. The summed E-state index contributed by atoms with van der Waals surface area (Å²) in [6, 6.07) is 6.61. The van der Waals surface area contributed by atoms with E-state index in [2.05, 4.69) is 10.2 Å². The molecule has 0 bridgehead atoms. The van der Waals surface area contributed by atoms with Crippen LogP contribution in [0.3, 0.4) is 0 Å². The molecular weight excluding hydrogens is 395 g/mol. The van der Waals surface area contributed by atoms with E-state index in [1.807, 2.05) is 24.3 Å². The molecule has 1 aromatic rings. The maximum Gasteiger partial charge on any atom is 0.328 e. The van der Waals surface area contributed by atoms with Gasteiger partial charge in [-0.1, -0.05) is 12.1 Å². The molecule has 1 aromatic carbocycles. The number of carbonyl (C=O) groups excluding carboxylic acids is 2. The number of ether oxygens (including phenoxy) is 1. The van der Waals surface area contributed by atoms with Crippen molar-refractivity contribution < 1.29 is 24.2 Å². The van der Waals surface area contributed by atoms with Gasteiger partial charge in [0, 0.05) is 43.4 Å². The molecule has 0 aromatic heterocycles. The molecule has 0 saturated heterocycles. The van der Waals surface area contributed by atoms with E-state index in [9.17, 15) is 14.4 Å². The number of benzene rings is 1. The molecule has 0 unspecified atom stereocenters. The smallest absolute Gasteiger partial charge is 0.328 e. The van der Waals surface area contributed by atoms with E-state index < -0.39 is 23.9 Å². The Kier molecular flexibility index (Phi) is 10.6. The van der Waals surface area contributed by atoms with Crippen LogP contribution in [0.2, 0.25) is 0 Å². The maximum atomic E-state index is 11.9. The van der Waals surface area contributed by atoms with Gasteiger partial charge < -0.3 is 20.1 Å². The first-order valence-electron chi connectivity index (χ1n) is 8.46. The minimum atomic E-state index is -1.08. The molecule has 7 nitrogen and oxygen atoms in total. The fraction of sp³-hybridized carbons (Fsp3) is 0.500. The van der Waals surface area contributed by atoms with Crippen LogP contribution in [0, 0.1) is 0 Å². The fourth-order valence-corrected chi connectivity index (χ4v) is 2.88. The van der Waals surface area contributed by atoms with E-state index >= 15 is 0 Å². The lowest BCUT2D eigenvalue weighted by molar-refractivity contribution is -0.145. The van der Waals surface area contributed by atoms with Crippen LogP contribution in [0.15, 0.2) is 24.3 Å². The van der Waals surface area contributed by atoms with E-state index in [1.165, 1.54) is 7.11 Å². The van der Waals surface area contributed by atoms with E-state index in [0.717, 1.165) is 11.3 Å². The normalized spacial score (nSPS) is 11.5. The zero-order valence-corrected chi connectivity index (χ0v) is 16.6. The van der Waals surface area contributed by atoms with E-state index in [-0.39, 0.29) is 19.3 Å². The van der Waals surface area contributed by atoms with Crippen molar-refractivity contribution >= 4 is 46.7 Å². The van der Waals surface area contributed by atoms with Crippen molar-refractivity contribution in [1.82, 2.24) is 5.32 Å². The standard InChI is InChI=1S/C18H24Cl2N2O5/c1-27-18(26)15(21-16(23)6-7-17(24)25)12-13-2-4-14(5-3-13)22(10-8-19)11-9-20/h2-5,15H,6-12H2,1H3,(H,21,23)(H,24,25)/t15-/m0/s1. The Labute approximate surface area is 168 Å². The minimum Gasteiger partial charge on any atom is -0.481 e. The van der Waals surface area contributed by atoms with Crippen LogP contribution in [0.25, 0.3) is 0 Å². The summed E-state index contributed by atoms with van der Waals surface area (Å²) in [5.74, 6) is -1.22. The molecule has 9 heteroatoms. The van der Waals surface area contributed by atoms with Gasteiger partial charge in [-0.05, 0) is 17.7 Å². The van der Waals surface area contributed by atoms with Crippen molar-refractivity contribution in [3.8, 4) is 0 Å². The second kappa shape index (κ2) is 12.4. The Morgan fingerprint density at radius 2 is 1.70 bits per heavy atom.